The minimum absolute atomic E-state index is 0.0737. The van der Waals surface area contributed by atoms with Crippen molar-refractivity contribution in [2.45, 2.75) is 32.1 Å². The second kappa shape index (κ2) is 10.3. The van der Waals surface area contributed by atoms with Crippen LogP contribution in [0.4, 0.5) is 0 Å². The molecule has 0 fully saturated rings. The highest BCUT2D eigenvalue weighted by molar-refractivity contribution is 5.75. The molecule has 0 saturated carbocycles. The van der Waals surface area contributed by atoms with Gasteiger partial charge < -0.3 is 14.5 Å². The molecule has 5 nitrogen and oxygen atoms in total. The van der Waals surface area contributed by atoms with Gasteiger partial charge in [0.05, 0.1) is 13.3 Å². The monoisotopic (exact) mass is 378 g/mol. The fraction of sp³-hybridized carbons (Fsp3) is 0.304. The molecule has 2 aromatic carbocycles. The Labute approximate surface area is 165 Å². The predicted octanol–water partition coefficient (Wildman–Crippen LogP) is 4.42. The SMILES string of the molecule is COc1ccc(CCCNC(=O)CCCc2ncc(-c3ccccc3)o2)cc1. The van der Waals surface area contributed by atoms with Crippen LogP contribution in [0.1, 0.15) is 30.7 Å². The minimum Gasteiger partial charge on any atom is -0.497 e. The van der Waals surface area contributed by atoms with Gasteiger partial charge in [0.15, 0.2) is 11.7 Å². The van der Waals surface area contributed by atoms with Crippen molar-refractivity contribution < 1.29 is 13.9 Å². The number of benzene rings is 2. The molecule has 1 aromatic heterocycles. The van der Waals surface area contributed by atoms with Crippen molar-refractivity contribution in [2.24, 2.45) is 0 Å². The first-order chi connectivity index (χ1) is 13.7. The van der Waals surface area contributed by atoms with Crippen molar-refractivity contribution in [3.05, 3.63) is 72.2 Å². The highest BCUT2D eigenvalue weighted by Gasteiger charge is 2.07. The van der Waals surface area contributed by atoms with Crippen LogP contribution in [0, 0.1) is 0 Å². The van der Waals surface area contributed by atoms with E-state index >= 15 is 0 Å². The van der Waals surface area contributed by atoms with Crippen LogP contribution in [0.3, 0.4) is 0 Å². The van der Waals surface area contributed by atoms with Gasteiger partial charge in [-0.1, -0.05) is 42.5 Å². The number of oxazole rings is 1. The molecule has 0 aliphatic rings. The zero-order chi connectivity index (χ0) is 19.6. The molecule has 28 heavy (non-hydrogen) atoms. The number of rotatable bonds is 10. The molecule has 0 unspecified atom stereocenters. The van der Waals surface area contributed by atoms with E-state index in [9.17, 15) is 4.79 Å². The molecule has 0 saturated heterocycles. The fourth-order valence-corrected chi connectivity index (χ4v) is 2.96. The molecule has 0 aliphatic heterocycles. The van der Waals surface area contributed by atoms with E-state index in [1.807, 2.05) is 42.5 Å². The summed E-state index contributed by atoms with van der Waals surface area (Å²) in [5, 5.41) is 2.98. The van der Waals surface area contributed by atoms with Crippen LogP contribution in [0.5, 0.6) is 5.75 Å². The van der Waals surface area contributed by atoms with Crippen LogP contribution in [-0.4, -0.2) is 24.5 Å². The van der Waals surface area contributed by atoms with Gasteiger partial charge in [-0.25, -0.2) is 4.98 Å². The molecule has 0 atom stereocenters. The lowest BCUT2D eigenvalue weighted by Crippen LogP contribution is -2.24. The summed E-state index contributed by atoms with van der Waals surface area (Å²) < 4.78 is 10.9. The average Bonchev–Trinajstić information content (AvgIpc) is 3.21. The summed E-state index contributed by atoms with van der Waals surface area (Å²) in [6.07, 6.45) is 5.45. The topological polar surface area (TPSA) is 64.4 Å². The zero-order valence-electron chi connectivity index (χ0n) is 16.2. The van der Waals surface area contributed by atoms with Gasteiger partial charge in [-0.3, -0.25) is 4.79 Å². The summed E-state index contributed by atoms with van der Waals surface area (Å²) in [6.45, 7) is 0.683. The average molecular weight is 378 g/mol. The third kappa shape index (κ3) is 5.98. The molecular weight excluding hydrogens is 352 g/mol. The Balaban J connectivity index is 1.31. The van der Waals surface area contributed by atoms with E-state index in [4.69, 9.17) is 9.15 Å². The molecule has 0 bridgehead atoms. The third-order valence-electron chi connectivity index (χ3n) is 4.53. The molecule has 0 aliphatic carbocycles. The lowest BCUT2D eigenvalue weighted by atomic mass is 10.1. The number of amides is 1. The molecule has 1 heterocycles. The summed E-state index contributed by atoms with van der Waals surface area (Å²) >= 11 is 0. The molecule has 5 heteroatoms. The number of hydrogen-bond donors (Lipinski definition) is 1. The number of ether oxygens (including phenoxy) is 1. The van der Waals surface area contributed by atoms with Gasteiger partial charge in [0, 0.05) is 24.9 Å². The first-order valence-electron chi connectivity index (χ1n) is 9.64. The van der Waals surface area contributed by atoms with Gasteiger partial charge in [0.1, 0.15) is 5.75 Å². The number of nitrogens with zero attached hydrogens (tertiary/aromatic N) is 1. The van der Waals surface area contributed by atoms with Crippen molar-refractivity contribution in [3.63, 3.8) is 0 Å². The van der Waals surface area contributed by atoms with Gasteiger partial charge in [0.2, 0.25) is 5.91 Å². The van der Waals surface area contributed by atoms with Crippen molar-refractivity contribution in [1.29, 1.82) is 0 Å². The van der Waals surface area contributed by atoms with Crippen LogP contribution in [0.2, 0.25) is 0 Å². The highest BCUT2D eigenvalue weighted by Crippen LogP contribution is 2.20. The Kier molecular flexibility index (Phi) is 7.24. The van der Waals surface area contributed by atoms with E-state index in [1.54, 1.807) is 13.3 Å². The van der Waals surface area contributed by atoms with Crippen molar-refractivity contribution in [2.75, 3.05) is 13.7 Å². The molecule has 1 N–H and O–H groups in total. The Bertz CT molecular complexity index is 857. The van der Waals surface area contributed by atoms with Crippen LogP contribution in [0.25, 0.3) is 11.3 Å². The van der Waals surface area contributed by atoms with Gasteiger partial charge in [-0.05, 0) is 37.0 Å². The normalized spacial score (nSPS) is 10.6. The second-order valence-electron chi connectivity index (χ2n) is 6.64. The number of methoxy groups -OCH3 is 1. The van der Waals surface area contributed by atoms with Crippen molar-refractivity contribution in [3.8, 4) is 17.1 Å². The Morgan fingerprint density at radius 3 is 2.57 bits per heavy atom. The van der Waals surface area contributed by atoms with Crippen LogP contribution < -0.4 is 10.1 Å². The molecular formula is C23H26N2O3. The van der Waals surface area contributed by atoms with E-state index in [0.29, 0.717) is 25.3 Å². The number of carbonyl (C=O) groups excluding carboxylic acids is 1. The predicted molar refractivity (Wildman–Crippen MR) is 109 cm³/mol. The third-order valence-corrected chi connectivity index (χ3v) is 4.53. The quantitative estimate of drug-likeness (QED) is 0.530. The van der Waals surface area contributed by atoms with E-state index in [-0.39, 0.29) is 5.91 Å². The standard InChI is InChI=1S/C23H26N2O3/c1-27-20-14-12-18(13-15-20)7-6-16-24-22(26)10-5-11-23-25-17-21(28-23)19-8-3-2-4-9-19/h2-4,8-9,12-15,17H,5-7,10-11,16H2,1H3,(H,24,26). The van der Waals surface area contributed by atoms with Crippen LogP contribution >= 0.6 is 0 Å². The fourth-order valence-electron chi connectivity index (χ4n) is 2.96. The van der Waals surface area contributed by atoms with E-state index < -0.39 is 0 Å². The highest BCUT2D eigenvalue weighted by atomic mass is 16.5. The molecule has 0 radical (unpaired) electrons. The maximum absolute atomic E-state index is 12.0. The molecule has 3 aromatic rings. The summed E-state index contributed by atoms with van der Waals surface area (Å²) in [6, 6.07) is 17.9. The number of carbonyl (C=O) groups is 1. The van der Waals surface area contributed by atoms with Crippen LogP contribution in [0.15, 0.2) is 65.2 Å². The zero-order valence-corrected chi connectivity index (χ0v) is 16.2. The first kappa shape index (κ1) is 19.7. The van der Waals surface area contributed by atoms with Gasteiger partial charge in [-0.15, -0.1) is 0 Å². The van der Waals surface area contributed by atoms with E-state index in [2.05, 4.69) is 22.4 Å². The summed E-state index contributed by atoms with van der Waals surface area (Å²) in [4.78, 5) is 16.3. The second-order valence-corrected chi connectivity index (χ2v) is 6.64. The van der Waals surface area contributed by atoms with E-state index in [0.717, 1.165) is 36.3 Å². The Morgan fingerprint density at radius 2 is 1.82 bits per heavy atom. The molecule has 0 spiro atoms. The molecule has 1 amide bonds. The van der Waals surface area contributed by atoms with Gasteiger partial charge in [0.25, 0.3) is 0 Å². The number of nitrogens with one attached hydrogen (secondary N) is 1. The van der Waals surface area contributed by atoms with Crippen molar-refractivity contribution in [1.82, 2.24) is 10.3 Å². The summed E-state index contributed by atoms with van der Waals surface area (Å²) in [5.74, 6) is 2.37. The number of aromatic nitrogens is 1. The molecule has 3 rings (SSSR count). The van der Waals surface area contributed by atoms with Gasteiger partial charge in [-0.2, -0.15) is 0 Å². The lowest BCUT2D eigenvalue weighted by molar-refractivity contribution is -0.121. The maximum Gasteiger partial charge on any atom is 0.220 e. The Hall–Kier alpha value is -3.08. The first-order valence-corrected chi connectivity index (χ1v) is 9.64. The lowest BCUT2D eigenvalue weighted by Gasteiger charge is -2.06. The molecule has 146 valence electrons. The summed E-state index contributed by atoms with van der Waals surface area (Å²) in [5.41, 5.74) is 2.25. The van der Waals surface area contributed by atoms with Gasteiger partial charge >= 0.3 is 0 Å². The van der Waals surface area contributed by atoms with Crippen LogP contribution in [-0.2, 0) is 17.6 Å². The maximum atomic E-state index is 12.0. The number of hydrogen-bond acceptors (Lipinski definition) is 4. The number of aryl methyl sites for hydroxylation is 2. The van der Waals surface area contributed by atoms with E-state index in [1.165, 1.54) is 5.56 Å². The Morgan fingerprint density at radius 1 is 1.04 bits per heavy atom. The smallest absolute Gasteiger partial charge is 0.220 e. The largest absolute Gasteiger partial charge is 0.497 e. The summed E-state index contributed by atoms with van der Waals surface area (Å²) in [7, 11) is 1.66. The minimum atomic E-state index is 0.0737. The van der Waals surface area contributed by atoms with Crippen molar-refractivity contribution >= 4 is 5.91 Å².